The molecule has 1 aromatic heterocycles. The van der Waals surface area contributed by atoms with Gasteiger partial charge in [0.05, 0.1) is 0 Å². The Morgan fingerprint density at radius 3 is 2.29 bits per heavy atom. The molecule has 0 radical (unpaired) electrons. The fourth-order valence-corrected chi connectivity index (χ4v) is 1.96. The summed E-state index contributed by atoms with van der Waals surface area (Å²) in [6, 6.07) is 3.50. The molecule has 0 spiro atoms. The van der Waals surface area contributed by atoms with Crippen LogP contribution in [-0.2, 0) is 6.42 Å². The van der Waals surface area contributed by atoms with E-state index in [0.29, 0.717) is 17.8 Å². The average molecular weight is 295 g/mol. The summed E-state index contributed by atoms with van der Waals surface area (Å²) in [5.41, 5.74) is 7.33. The molecule has 0 aliphatic heterocycles. The molecule has 0 saturated carbocycles. The zero-order valence-corrected chi connectivity index (χ0v) is 11.8. The molecule has 21 heavy (non-hydrogen) atoms. The van der Waals surface area contributed by atoms with Crippen molar-refractivity contribution in [3.63, 3.8) is 0 Å². The molecule has 0 amide bonds. The summed E-state index contributed by atoms with van der Waals surface area (Å²) in [5, 5.41) is 0. The van der Waals surface area contributed by atoms with Crippen molar-refractivity contribution in [3.05, 3.63) is 47.0 Å². The predicted molar refractivity (Wildman–Crippen MR) is 74.0 cm³/mol. The number of nitrogens with two attached hydrogens (primary N) is 1. The van der Waals surface area contributed by atoms with Crippen molar-refractivity contribution >= 4 is 0 Å². The number of aryl methyl sites for hydroxylation is 1. The quantitative estimate of drug-likeness (QED) is 0.882. The lowest BCUT2D eigenvalue weighted by molar-refractivity contribution is 0.447. The van der Waals surface area contributed by atoms with Crippen LogP contribution in [0.4, 0.5) is 13.2 Å². The molecule has 2 N–H and O–H groups in total. The van der Waals surface area contributed by atoms with Crippen LogP contribution in [0.25, 0.3) is 11.4 Å². The van der Waals surface area contributed by atoms with Gasteiger partial charge in [-0.2, -0.15) is 0 Å². The summed E-state index contributed by atoms with van der Waals surface area (Å²) in [5.74, 6) is -3.87. The minimum Gasteiger partial charge on any atom is -0.327 e. The van der Waals surface area contributed by atoms with Crippen molar-refractivity contribution in [1.29, 1.82) is 0 Å². The van der Waals surface area contributed by atoms with E-state index in [1.807, 2.05) is 6.92 Å². The van der Waals surface area contributed by atoms with E-state index in [1.54, 1.807) is 13.0 Å². The summed E-state index contributed by atoms with van der Waals surface area (Å²) in [6.07, 6.45) is 1.33. The van der Waals surface area contributed by atoms with Gasteiger partial charge in [0.2, 0.25) is 0 Å². The number of halogens is 3. The van der Waals surface area contributed by atoms with Crippen LogP contribution >= 0.6 is 0 Å². The third-order valence-electron chi connectivity index (χ3n) is 3.14. The predicted octanol–water partition coefficient (Wildman–Crippen LogP) is 3.15. The fourth-order valence-electron chi connectivity index (χ4n) is 1.96. The zero-order valence-electron chi connectivity index (χ0n) is 11.8. The van der Waals surface area contributed by atoms with E-state index < -0.39 is 17.5 Å². The molecule has 2 aromatic rings. The molecule has 1 heterocycles. The molecule has 2 rings (SSSR count). The Balaban J connectivity index is 2.44. The number of hydrogen-bond acceptors (Lipinski definition) is 3. The van der Waals surface area contributed by atoms with Gasteiger partial charge in [-0.05, 0) is 31.5 Å². The summed E-state index contributed by atoms with van der Waals surface area (Å²) in [7, 11) is 0. The Bertz CT molecular complexity index is 636. The molecule has 112 valence electrons. The van der Waals surface area contributed by atoms with Crippen LogP contribution in [0.15, 0.2) is 18.2 Å². The molecule has 0 fully saturated rings. The van der Waals surface area contributed by atoms with Crippen LogP contribution in [0, 0.1) is 24.4 Å². The van der Waals surface area contributed by atoms with Gasteiger partial charge < -0.3 is 5.73 Å². The number of benzene rings is 1. The standard InChI is InChI=1S/C15H16F3N3/c1-3-10(19)7-11-4-8(2)20-15(21-11)9-5-12(16)14(18)13(17)6-9/h4-6,10H,3,7,19H2,1-2H3. The molecule has 1 aromatic carbocycles. The van der Waals surface area contributed by atoms with Crippen molar-refractivity contribution < 1.29 is 13.2 Å². The number of nitrogens with zero attached hydrogens (tertiary/aromatic N) is 2. The second kappa shape index (κ2) is 6.22. The van der Waals surface area contributed by atoms with Gasteiger partial charge in [-0.1, -0.05) is 6.92 Å². The molecular weight excluding hydrogens is 279 g/mol. The number of rotatable bonds is 4. The number of hydrogen-bond donors (Lipinski definition) is 1. The fraction of sp³-hybridized carbons (Fsp3) is 0.333. The molecule has 0 saturated heterocycles. The van der Waals surface area contributed by atoms with E-state index in [9.17, 15) is 13.2 Å². The highest BCUT2D eigenvalue weighted by atomic mass is 19.2. The highest BCUT2D eigenvalue weighted by Gasteiger charge is 2.14. The summed E-state index contributed by atoms with van der Waals surface area (Å²) >= 11 is 0. The van der Waals surface area contributed by atoms with E-state index in [2.05, 4.69) is 9.97 Å². The topological polar surface area (TPSA) is 51.8 Å². The Morgan fingerprint density at radius 1 is 1.10 bits per heavy atom. The van der Waals surface area contributed by atoms with Gasteiger partial charge in [-0.15, -0.1) is 0 Å². The van der Waals surface area contributed by atoms with Gasteiger partial charge >= 0.3 is 0 Å². The van der Waals surface area contributed by atoms with Crippen LogP contribution in [-0.4, -0.2) is 16.0 Å². The maximum Gasteiger partial charge on any atom is 0.194 e. The largest absolute Gasteiger partial charge is 0.327 e. The highest BCUT2D eigenvalue weighted by molar-refractivity contribution is 5.55. The first-order chi connectivity index (χ1) is 9.90. The van der Waals surface area contributed by atoms with Crippen LogP contribution in [0.1, 0.15) is 24.7 Å². The summed E-state index contributed by atoms with van der Waals surface area (Å²) in [6.45, 7) is 3.72. The normalized spacial score (nSPS) is 12.5. The third kappa shape index (κ3) is 3.58. The van der Waals surface area contributed by atoms with Gasteiger partial charge in [0.15, 0.2) is 23.3 Å². The van der Waals surface area contributed by atoms with E-state index in [1.165, 1.54) is 0 Å². The van der Waals surface area contributed by atoms with Gasteiger partial charge in [-0.3, -0.25) is 0 Å². The lowest BCUT2D eigenvalue weighted by Crippen LogP contribution is -2.22. The van der Waals surface area contributed by atoms with E-state index in [-0.39, 0.29) is 17.4 Å². The van der Waals surface area contributed by atoms with Gasteiger partial charge in [0.25, 0.3) is 0 Å². The summed E-state index contributed by atoms with van der Waals surface area (Å²) < 4.78 is 39.6. The first kappa shape index (κ1) is 15.4. The molecular formula is C15H16F3N3. The monoisotopic (exact) mass is 295 g/mol. The lowest BCUT2D eigenvalue weighted by Gasteiger charge is -2.10. The van der Waals surface area contributed by atoms with Crippen LogP contribution in [0.3, 0.4) is 0 Å². The Labute approximate surface area is 121 Å². The Kier molecular flexibility index (Phi) is 4.57. The SMILES string of the molecule is CCC(N)Cc1cc(C)nc(-c2cc(F)c(F)c(F)c2)n1. The van der Waals surface area contributed by atoms with Crippen molar-refractivity contribution in [2.24, 2.45) is 5.73 Å². The lowest BCUT2D eigenvalue weighted by atomic mass is 10.1. The molecule has 1 atom stereocenters. The number of aromatic nitrogens is 2. The maximum absolute atomic E-state index is 13.3. The second-order valence-electron chi connectivity index (χ2n) is 4.95. The molecule has 3 nitrogen and oxygen atoms in total. The zero-order chi connectivity index (χ0) is 15.6. The first-order valence-electron chi connectivity index (χ1n) is 6.65. The van der Waals surface area contributed by atoms with E-state index >= 15 is 0 Å². The Morgan fingerprint density at radius 2 is 1.71 bits per heavy atom. The molecule has 6 heteroatoms. The van der Waals surface area contributed by atoms with Crippen LogP contribution < -0.4 is 5.73 Å². The van der Waals surface area contributed by atoms with Crippen molar-refractivity contribution in [1.82, 2.24) is 9.97 Å². The minimum atomic E-state index is -1.50. The van der Waals surface area contributed by atoms with Crippen molar-refractivity contribution in [2.75, 3.05) is 0 Å². The second-order valence-corrected chi connectivity index (χ2v) is 4.95. The Hall–Kier alpha value is -1.95. The van der Waals surface area contributed by atoms with E-state index in [0.717, 1.165) is 18.6 Å². The average Bonchev–Trinajstić information content (AvgIpc) is 2.43. The summed E-state index contributed by atoms with van der Waals surface area (Å²) in [4.78, 5) is 8.40. The maximum atomic E-state index is 13.3. The van der Waals surface area contributed by atoms with E-state index in [4.69, 9.17) is 5.73 Å². The smallest absolute Gasteiger partial charge is 0.194 e. The van der Waals surface area contributed by atoms with Crippen LogP contribution in [0.2, 0.25) is 0 Å². The van der Waals surface area contributed by atoms with Crippen LogP contribution in [0.5, 0.6) is 0 Å². The molecule has 0 bridgehead atoms. The molecule has 1 unspecified atom stereocenters. The third-order valence-corrected chi connectivity index (χ3v) is 3.14. The van der Waals surface area contributed by atoms with Crippen molar-refractivity contribution in [3.8, 4) is 11.4 Å². The molecule has 0 aliphatic carbocycles. The van der Waals surface area contributed by atoms with Gasteiger partial charge in [0, 0.05) is 29.4 Å². The highest BCUT2D eigenvalue weighted by Crippen LogP contribution is 2.21. The molecule has 0 aliphatic rings. The first-order valence-corrected chi connectivity index (χ1v) is 6.65. The van der Waals surface area contributed by atoms with Gasteiger partial charge in [0.1, 0.15) is 0 Å². The van der Waals surface area contributed by atoms with Crippen molar-refractivity contribution in [2.45, 2.75) is 32.7 Å². The van der Waals surface area contributed by atoms with Gasteiger partial charge in [-0.25, -0.2) is 23.1 Å². The minimum absolute atomic E-state index is 0.0474.